The predicted molar refractivity (Wildman–Crippen MR) is 81.9 cm³/mol. The summed E-state index contributed by atoms with van der Waals surface area (Å²) in [6.45, 7) is 3.97. The summed E-state index contributed by atoms with van der Waals surface area (Å²) in [6.07, 6.45) is 3.64. The van der Waals surface area contributed by atoms with Crippen LogP contribution in [0.2, 0.25) is 4.34 Å². The van der Waals surface area contributed by atoms with Crippen molar-refractivity contribution in [1.82, 2.24) is 4.90 Å². The zero-order valence-corrected chi connectivity index (χ0v) is 13.2. The highest BCUT2D eigenvalue weighted by molar-refractivity contribution is 7.16. The number of likely N-dealkylation sites (N-methyl/N-ethyl adjacent to an activating group) is 1. The molecule has 19 heavy (non-hydrogen) atoms. The molecule has 0 radical (unpaired) electrons. The van der Waals surface area contributed by atoms with Gasteiger partial charge in [0.1, 0.15) is 0 Å². The molecule has 1 aromatic heterocycles. The summed E-state index contributed by atoms with van der Waals surface area (Å²) in [4.78, 5) is 3.58. The lowest BCUT2D eigenvalue weighted by Crippen LogP contribution is -2.41. The van der Waals surface area contributed by atoms with Gasteiger partial charge in [0.05, 0.1) is 16.5 Å². The van der Waals surface area contributed by atoms with Gasteiger partial charge in [-0.25, -0.2) is 0 Å². The van der Waals surface area contributed by atoms with Crippen molar-refractivity contribution in [2.75, 3.05) is 20.2 Å². The topological polar surface area (TPSA) is 38.5 Å². The van der Waals surface area contributed by atoms with Crippen LogP contribution in [0.4, 0.5) is 0 Å². The van der Waals surface area contributed by atoms with Crippen LogP contribution in [0.3, 0.4) is 0 Å². The first-order chi connectivity index (χ1) is 9.11. The molecule has 1 saturated heterocycles. The summed E-state index contributed by atoms with van der Waals surface area (Å²) in [6, 6.07) is 4.41. The summed E-state index contributed by atoms with van der Waals surface area (Å²) >= 11 is 7.69. The Morgan fingerprint density at radius 3 is 2.89 bits per heavy atom. The summed E-state index contributed by atoms with van der Waals surface area (Å²) in [5, 5.41) is 0. The first kappa shape index (κ1) is 15.3. The smallest absolute Gasteiger partial charge is 0.0931 e. The summed E-state index contributed by atoms with van der Waals surface area (Å²) in [5.74, 6) is 0. The van der Waals surface area contributed by atoms with Crippen molar-refractivity contribution in [3.05, 3.63) is 21.3 Å². The lowest BCUT2D eigenvalue weighted by atomic mass is 10.0. The van der Waals surface area contributed by atoms with Gasteiger partial charge in [-0.3, -0.25) is 4.90 Å². The van der Waals surface area contributed by atoms with Gasteiger partial charge in [0.15, 0.2) is 0 Å². The molecule has 0 aliphatic carbocycles. The molecule has 2 rings (SSSR count). The fourth-order valence-electron chi connectivity index (χ4n) is 2.69. The highest BCUT2D eigenvalue weighted by Gasteiger charge is 2.27. The van der Waals surface area contributed by atoms with E-state index in [0.717, 1.165) is 30.3 Å². The van der Waals surface area contributed by atoms with E-state index in [1.165, 1.54) is 11.3 Å². The number of halogens is 1. The van der Waals surface area contributed by atoms with E-state index in [1.54, 1.807) is 11.3 Å². The lowest BCUT2D eigenvalue weighted by Gasteiger charge is -2.33. The van der Waals surface area contributed by atoms with E-state index >= 15 is 0 Å². The van der Waals surface area contributed by atoms with Gasteiger partial charge in [-0.15, -0.1) is 11.3 Å². The van der Waals surface area contributed by atoms with E-state index in [2.05, 4.69) is 24.9 Å². The number of ether oxygens (including phenoxy) is 1. The van der Waals surface area contributed by atoms with E-state index in [4.69, 9.17) is 22.1 Å². The van der Waals surface area contributed by atoms with Crippen molar-refractivity contribution in [1.29, 1.82) is 0 Å². The first-order valence-corrected chi connectivity index (χ1v) is 8.14. The number of hydrogen-bond donors (Lipinski definition) is 1. The van der Waals surface area contributed by atoms with Crippen molar-refractivity contribution in [3.8, 4) is 0 Å². The number of thiophene rings is 1. The Morgan fingerprint density at radius 2 is 2.37 bits per heavy atom. The molecule has 3 atom stereocenters. The Balaban J connectivity index is 2.07. The maximum absolute atomic E-state index is 6.31. The lowest BCUT2D eigenvalue weighted by molar-refractivity contribution is 0.0635. The van der Waals surface area contributed by atoms with Crippen LogP contribution in [0.5, 0.6) is 0 Å². The molecule has 3 nitrogen and oxygen atoms in total. The Bertz CT molecular complexity index is 393. The van der Waals surface area contributed by atoms with Crippen LogP contribution >= 0.6 is 22.9 Å². The zero-order valence-electron chi connectivity index (χ0n) is 11.6. The number of rotatable bonds is 6. The Kier molecular flexibility index (Phi) is 5.66. The van der Waals surface area contributed by atoms with Gasteiger partial charge in [-0.2, -0.15) is 0 Å². The van der Waals surface area contributed by atoms with Crippen molar-refractivity contribution in [2.24, 2.45) is 5.73 Å². The van der Waals surface area contributed by atoms with E-state index in [9.17, 15) is 0 Å². The molecule has 1 aromatic rings. The van der Waals surface area contributed by atoms with Crippen molar-refractivity contribution < 1.29 is 4.74 Å². The minimum absolute atomic E-state index is 0.126. The second-order valence-corrected chi connectivity index (χ2v) is 6.98. The third-order valence-corrected chi connectivity index (χ3v) is 5.05. The molecule has 1 fully saturated rings. The molecule has 0 spiro atoms. The molecule has 2 N–H and O–H groups in total. The van der Waals surface area contributed by atoms with Crippen LogP contribution in [0.15, 0.2) is 12.1 Å². The Morgan fingerprint density at radius 1 is 1.58 bits per heavy atom. The second kappa shape index (κ2) is 7.04. The molecule has 5 heteroatoms. The predicted octanol–water partition coefficient (Wildman–Crippen LogP) is 3.29. The summed E-state index contributed by atoms with van der Waals surface area (Å²) < 4.78 is 6.55. The third kappa shape index (κ3) is 3.92. The van der Waals surface area contributed by atoms with Crippen LogP contribution in [0, 0.1) is 0 Å². The third-order valence-electron chi connectivity index (χ3n) is 3.75. The fraction of sp³-hybridized carbons (Fsp3) is 0.714. The van der Waals surface area contributed by atoms with Crippen LogP contribution in [0.25, 0.3) is 0 Å². The quantitative estimate of drug-likeness (QED) is 0.876. The molecule has 1 aliphatic rings. The van der Waals surface area contributed by atoms with Gasteiger partial charge < -0.3 is 10.5 Å². The van der Waals surface area contributed by atoms with E-state index < -0.39 is 0 Å². The summed E-state index contributed by atoms with van der Waals surface area (Å²) in [7, 11) is 2.13. The SMILES string of the molecule is CCC(N)C(c1ccc(Cl)s1)N(C)CC1CCCO1. The molecule has 0 bridgehead atoms. The minimum Gasteiger partial charge on any atom is -0.377 e. The Hall–Kier alpha value is -0.130. The van der Waals surface area contributed by atoms with E-state index in [0.29, 0.717) is 6.10 Å². The van der Waals surface area contributed by atoms with Crippen molar-refractivity contribution in [3.63, 3.8) is 0 Å². The zero-order chi connectivity index (χ0) is 13.8. The standard InChI is InChI=1S/C14H23ClN2OS/c1-3-11(16)14(12-6-7-13(15)19-12)17(2)9-10-5-4-8-18-10/h6-7,10-11,14H,3-5,8-9,16H2,1-2H3. The average Bonchev–Trinajstić information content (AvgIpc) is 3.01. The monoisotopic (exact) mass is 302 g/mol. The number of nitrogens with two attached hydrogens (primary N) is 1. The van der Waals surface area contributed by atoms with Gasteiger partial charge in [-0.1, -0.05) is 18.5 Å². The molecule has 3 unspecified atom stereocenters. The van der Waals surface area contributed by atoms with Gasteiger partial charge >= 0.3 is 0 Å². The van der Waals surface area contributed by atoms with E-state index in [-0.39, 0.29) is 12.1 Å². The molecule has 0 aromatic carbocycles. The second-order valence-electron chi connectivity index (χ2n) is 5.23. The molecule has 2 heterocycles. The van der Waals surface area contributed by atoms with Crippen LogP contribution in [-0.2, 0) is 4.74 Å². The van der Waals surface area contributed by atoms with Crippen LogP contribution < -0.4 is 5.73 Å². The highest BCUT2D eigenvalue weighted by Crippen LogP contribution is 2.33. The largest absolute Gasteiger partial charge is 0.377 e. The highest BCUT2D eigenvalue weighted by atomic mass is 35.5. The van der Waals surface area contributed by atoms with Crippen molar-refractivity contribution in [2.45, 2.75) is 44.4 Å². The van der Waals surface area contributed by atoms with Crippen molar-refractivity contribution >= 4 is 22.9 Å². The molecular weight excluding hydrogens is 280 g/mol. The van der Waals surface area contributed by atoms with E-state index in [1.807, 2.05) is 6.07 Å². The maximum Gasteiger partial charge on any atom is 0.0931 e. The normalized spacial score (nSPS) is 22.9. The minimum atomic E-state index is 0.126. The van der Waals surface area contributed by atoms with Gasteiger partial charge in [0.2, 0.25) is 0 Å². The molecule has 1 aliphatic heterocycles. The molecule has 0 amide bonds. The average molecular weight is 303 g/mol. The number of hydrogen-bond acceptors (Lipinski definition) is 4. The van der Waals surface area contributed by atoms with Crippen LogP contribution in [-0.4, -0.2) is 37.2 Å². The van der Waals surface area contributed by atoms with Crippen LogP contribution in [0.1, 0.15) is 37.1 Å². The Labute approximate surface area is 124 Å². The first-order valence-electron chi connectivity index (χ1n) is 6.94. The molecule has 0 saturated carbocycles. The molecular formula is C14H23ClN2OS. The molecule has 108 valence electrons. The van der Waals surface area contributed by atoms with Gasteiger partial charge in [0, 0.05) is 24.1 Å². The fourth-order valence-corrected chi connectivity index (χ4v) is 3.99. The van der Waals surface area contributed by atoms with Gasteiger partial charge in [-0.05, 0) is 38.4 Å². The number of nitrogens with zero attached hydrogens (tertiary/aromatic N) is 1. The summed E-state index contributed by atoms with van der Waals surface area (Å²) in [5.41, 5.74) is 6.31. The van der Waals surface area contributed by atoms with Gasteiger partial charge in [0.25, 0.3) is 0 Å². The maximum atomic E-state index is 6.31.